The fourth-order valence-electron chi connectivity index (χ4n) is 1.15. The molecule has 4 heteroatoms. The first-order valence-corrected chi connectivity index (χ1v) is 3.71. The molecule has 4 nitrogen and oxygen atoms in total. The van der Waals surface area contributed by atoms with Gasteiger partial charge in [0.1, 0.15) is 6.17 Å². The number of nitrogens with two attached hydrogens (primary N) is 2. The van der Waals surface area contributed by atoms with Gasteiger partial charge in [-0.05, 0) is 18.2 Å². The molecule has 0 saturated carbocycles. The van der Waals surface area contributed by atoms with Crippen molar-refractivity contribution in [2.75, 3.05) is 11.1 Å². The van der Waals surface area contributed by atoms with Crippen LogP contribution < -0.4 is 16.8 Å². The minimum absolute atomic E-state index is 0.193. The van der Waals surface area contributed by atoms with Crippen LogP contribution in [0, 0.1) is 0 Å². The number of anilines is 2. The second-order valence-corrected chi connectivity index (χ2v) is 2.72. The van der Waals surface area contributed by atoms with E-state index in [0.717, 1.165) is 11.4 Å². The number of hydrogen-bond acceptors (Lipinski definition) is 4. The van der Waals surface area contributed by atoms with Crippen molar-refractivity contribution < 1.29 is 0 Å². The Morgan fingerprint density at radius 1 is 1.42 bits per heavy atom. The molecule has 1 aromatic rings. The predicted molar refractivity (Wildman–Crippen MR) is 50.6 cm³/mol. The van der Waals surface area contributed by atoms with Crippen molar-refractivity contribution in [3.63, 3.8) is 0 Å². The molecule has 0 fully saturated rings. The van der Waals surface area contributed by atoms with Gasteiger partial charge in [0.25, 0.3) is 0 Å². The van der Waals surface area contributed by atoms with Crippen molar-refractivity contribution in [1.29, 1.82) is 0 Å². The summed E-state index contributed by atoms with van der Waals surface area (Å²) in [4.78, 5) is 4.14. The van der Waals surface area contributed by atoms with Gasteiger partial charge in [0, 0.05) is 11.9 Å². The summed E-state index contributed by atoms with van der Waals surface area (Å²) in [5.41, 5.74) is 13.7. The number of fused-ring (bicyclic) bond motifs is 1. The van der Waals surface area contributed by atoms with Gasteiger partial charge in [0.05, 0.1) is 11.4 Å². The number of aliphatic imine (C=N–C) groups is 1. The average molecular weight is 162 g/mol. The normalized spacial score (nSPS) is 19.9. The third-order valence-corrected chi connectivity index (χ3v) is 1.72. The molecule has 0 saturated heterocycles. The molecule has 1 unspecified atom stereocenters. The van der Waals surface area contributed by atoms with Gasteiger partial charge in [-0.3, -0.25) is 4.99 Å². The second-order valence-electron chi connectivity index (χ2n) is 2.72. The Kier molecular flexibility index (Phi) is 1.48. The quantitative estimate of drug-likeness (QED) is 0.491. The average Bonchev–Trinajstić information content (AvgIpc) is 2.05. The standard InChI is InChI=1S/C8H10N4/c9-5-1-2-6-7(3-5)11-4-8(10)12-6/h1-4,8,12H,9-10H2. The van der Waals surface area contributed by atoms with E-state index in [2.05, 4.69) is 10.3 Å². The Balaban J connectivity index is 2.47. The Bertz CT molecular complexity index is 332. The Morgan fingerprint density at radius 3 is 3.08 bits per heavy atom. The first kappa shape index (κ1) is 7.12. The molecule has 62 valence electrons. The van der Waals surface area contributed by atoms with E-state index in [9.17, 15) is 0 Å². The van der Waals surface area contributed by atoms with Gasteiger partial charge in [0.2, 0.25) is 0 Å². The number of nitrogens with zero attached hydrogens (tertiary/aromatic N) is 1. The van der Waals surface area contributed by atoms with Crippen LogP contribution in [0.3, 0.4) is 0 Å². The van der Waals surface area contributed by atoms with Crippen LogP contribution in [0.5, 0.6) is 0 Å². The maximum atomic E-state index is 5.60. The van der Waals surface area contributed by atoms with Gasteiger partial charge < -0.3 is 16.8 Å². The summed E-state index contributed by atoms with van der Waals surface area (Å²) in [6, 6.07) is 5.51. The molecule has 0 spiro atoms. The largest absolute Gasteiger partial charge is 0.399 e. The van der Waals surface area contributed by atoms with Crippen LogP contribution in [0.2, 0.25) is 0 Å². The molecular weight excluding hydrogens is 152 g/mol. The molecule has 0 aliphatic carbocycles. The van der Waals surface area contributed by atoms with E-state index in [1.165, 1.54) is 0 Å². The van der Waals surface area contributed by atoms with E-state index in [1.54, 1.807) is 6.21 Å². The Labute approximate surface area is 70.3 Å². The van der Waals surface area contributed by atoms with E-state index in [-0.39, 0.29) is 6.17 Å². The molecule has 0 bridgehead atoms. The summed E-state index contributed by atoms with van der Waals surface area (Å²) in [5, 5.41) is 3.06. The minimum atomic E-state index is -0.193. The van der Waals surface area contributed by atoms with Gasteiger partial charge in [-0.25, -0.2) is 0 Å². The number of nitrogens with one attached hydrogen (secondary N) is 1. The third kappa shape index (κ3) is 1.12. The van der Waals surface area contributed by atoms with Crippen molar-refractivity contribution in [2.45, 2.75) is 6.17 Å². The van der Waals surface area contributed by atoms with Gasteiger partial charge >= 0.3 is 0 Å². The fraction of sp³-hybridized carbons (Fsp3) is 0.125. The summed E-state index contributed by atoms with van der Waals surface area (Å²) < 4.78 is 0. The highest BCUT2D eigenvalue weighted by molar-refractivity contribution is 5.83. The van der Waals surface area contributed by atoms with Crippen LogP contribution >= 0.6 is 0 Å². The lowest BCUT2D eigenvalue weighted by atomic mass is 10.2. The van der Waals surface area contributed by atoms with Gasteiger partial charge in [-0.1, -0.05) is 0 Å². The summed E-state index contributed by atoms with van der Waals surface area (Å²) in [5.74, 6) is 0. The number of benzene rings is 1. The van der Waals surface area contributed by atoms with E-state index in [0.29, 0.717) is 5.69 Å². The van der Waals surface area contributed by atoms with Crippen molar-refractivity contribution >= 4 is 23.3 Å². The minimum Gasteiger partial charge on any atom is -0.399 e. The van der Waals surface area contributed by atoms with Crippen LogP contribution in [0.15, 0.2) is 23.2 Å². The zero-order valence-corrected chi connectivity index (χ0v) is 6.49. The monoisotopic (exact) mass is 162 g/mol. The molecule has 5 N–H and O–H groups in total. The van der Waals surface area contributed by atoms with Crippen LogP contribution in [-0.4, -0.2) is 12.4 Å². The molecule has 0 amide bonds. The summed E-state index contributed by atoms with van der Waals surface area (Å²) in [6.07, 6.45) is 1.46. The smallest absolute Gasteiger partial charge is 0.111 e. The highest BCUT2D eigenvalue weighted by atomic mass is 15.1. The molecule has 12 heavy (non-hydrogen) atoms. The highest BCUT2D eigenvalue weighted by Crippen LogP contribution is 2.29. The third-order valence-electron chi connectivity index (χ3n) is 1.72. The molecule has 1 aromatic carbocycles. The second kappa shape index (κ2) is 2.49. The van der Waals surface area contributed by atoms with Crippen molar-refractivity contribution in [1.82, 2.24) is 0 Å². The van der Waals surface area contributed by atoms with Crippen molar-refractivity contribution in [2.24, 2.45) is 10.7 Å². The molecular formula is C8H10N4. The maximum Gasteiger partial charge on any atom is 0.111 e. The molecule has 1 aliphatic heterocycles. The Hall–Kier alpha value is -1.55. The highest BCUT2D eigenvalue weighted by Gasteiger charge is 2.08. The van der Waals surface area contributed by atoms with E-state index in [4.69, 9.17) is 11.5 Å². The van der Waals surface area contributed by atoms with E-state index < -0.39 is 0 Å². The van der Waals surface area contributed by atoms with Crippen LogP contribution in [0.25, 0.3) is 0 Å². The first-order valence-electron chi connectivity index (χ1n) is 3.71. The SMILES string of the molecule is Nc1ccc2c(c1)N=CC(N)N2. The van der Waals surface area contributed by atoms with Gasteiger partial charge in [-0.2, -0.15) is 0 Å². The zero-order chi connectivity index (χ0) is 8.55. The molecule has 1 aliphatic rings. The van der Waals surface area contributed by atoms with Gasteiger partial charge in [0.15, 0.2) is 0 Å². The molecule has 0 radical (unpaired) electrons. The molecule has 1 atom stereocenters. The molecule has 1 heterocycles. The lowest BCUT2D eigenvalue weighted by molar-refractivity contribution is 0.997. The predicted octanol–water partition coefficient (Wildman–Crippen LogP) is 0.681. The zero-order valence-electron chi connectivity index (χ0n) is 6.49. The van der Waals surface area contributed by atoms with Crippen molar-refractivity contribution in [3.05, 3.63) is 18.2 Å². The summed E-state index contributed by atoms with van der Waals surface area (Å²) in [7, 11) is 0. The van der Waals surface area contributed by atoms with E-state index >= 15 is 0 Å². The maximum absolute atomic E-state index is 5.60. The number of rotatable bonds is 0. The van der Waals surface area contributed by atoms with Crippen LogP contribution in [-0.2, 0) is 0 Å². The fourth-order valence-corrected chi connectivity index (χ4v) is 1.15. The van der Waals surface area contributed by atoms with E-state index in [1.807, 2.05) is 18.2 Å². The molecule has 0 aromatic heterocycles. The summed E-state index contributed by atoms with van der Waals surface area (Å²) >= 11 is 0. The number of hydrogen-bond donors (Lipinski definition) is 3. The lowest BCUT2D eigenvalue weighted by Gasteiger charge is -2.17. The topological polar surface area (TPSA) is 76.4 Å². The van der Waals surface area contributed by atoms with Crippen LogP contribution in [0.1, 0.15) is 0 Å². The summed E-state index contributed by atoms with van der Waals surface area (Å²) in [6.45, 7) is 0. The molecule has 2 rings (SSSR count). The first-order chi connectivity index (χ1) is 5.75. The lowest BCUT2D eigenvalue weighted by Crippen LogP contribution is -2.32. The van der Waals surface area contributed by atoms with Crippen LogP contribution in [0.4, 0.5) is 17.1 Å². The van der Waals surface area contributed by atoms with Gasteiger partial charge in [-0.15, -0.1) is 0 Å². The Morgan fingerprint density at radius 2 is 2.25 bits per heavy atom. The number of nitrogen functional groups attached to an aromatic ring is 1. The van der Waals surface area contributed by atoms with Crippen molar-refractivity contribution in [3.8, 4) is 0 Å².